The number of anilines is 1. The van der Waals surface area contributed by atoms with Gasteiger partial charge in [0.2, 0.25) is 0 Å². The Morgan fingerprint density at radius 1 is 1.30 bits per heavy atom. The van der Waals surface area contributed by atoms with E-state index in [-0.39, 0.29) is 5.56 Å². The van der Waals surface area contributed by atoms with E-state index in [1.165, 1.54) is 12.1 Å². The minimum absolute atomic E-state index is 0.336. The van der Waals surface area contributed by atoms with Crippen molar-refractivity contribution in [3.8, 4) is 0 Å². The van der Waals surface area contributed by atoms with Gasteiger partial charge in [-0.1, -0.05) is 5.16 Å². The highest BCUT2D eigenvalue weighted by atomic mass is 19.4. The van der Waals surface area contributed by atoms with E-state index in [2.05, 4.69) is 5.16 Å². The van der Waals surface area contributed by atoms with Gasteiger partial charge in [0.25, 0.3) is 0 Å². The van der Waals surface area contributed by atoms with Crippen molar-refractivity contribution in [2.75, 3.05) is 31.2 Å². The Labute approximate surface area is 113 Å². The third-order valence-corrected chi connectivity index (χ3v) is 3.07. The predicted octanol–water partition coefficient (Wildman–Crippen LogP) is 1.64. The lowest BCUT2D eigenvalue weighted by atomic mass is 10.0. The highest BCUT2D eigenvalue weighted by molar-refractivity contribution is 5.99. The van der Waals surface area contributed by atoms with E-state index in [0.717, 1.165) is 6.07 Å². The molecule has 1 heterocycles. The topological polar surface area (TPSA) is 71.1 Å². The summed E-state index contributed by atoms with van der Waals surface area (Å²) in [7, 11) is 0. The number of nitrogens with zero attached hydrogens (tertiary/aromatic N) is 2. The number of halogens is 3. The molecule has 0 bridgehead atoms. The van der Waals surface area contributed by atoms with E-state index in [9.17, 15) is 13.2 Å². The molecule has 110 valence electrons. The summed E-state index contributed by atoms with van der Waals surface area (Å²) in [6, 6.07) is 3.75. The molecule has 0 spiro atoms. The molecule has 0 aromatic heterocycles. The fourth-order valence-corrected chi connectivity index (χ4v) is 2.06. The Balaban J connectivity index is 2.43. The van der Waals surface area contributed by atoms with Crippen molar-refractivity contribution in [1.82, 2.24) is 0 Å². The fraction of sp³-hybridized carbons (Fsp3) is 0.417. The first-order valence-electron chi connectivity index (χ1n) is 5.95. The summed E-state index contributed by atoms with van der Waals surface area (Å²) >= 11 is 0. The van der Waals surface area contributed by atoms with Gasteiger partial charge in [-0.15, -0.1) is 0 Å². The van der Waals surface area contributed by atoms with Crippen molar-refractivity contribution in [3.63, 3.8) is 0 Å². The summed E-state index contributed by atoms with van der Waals surface area (Å²) in [5.74, 6) is -0.564. The Hall–Kier alpha value is -1.96. The first kappa shape index (κ1) is 14.4. The maximum absolute atomic E-state index is 13.1. The maximum Gasteiger partial charge on any atom is 0.417 e. The monoisotopic (exact) mass is 289 g/mol. The number of nitrogens with two attached hydrogens (primary N) is 1. The number of hydrogen-bond acceptors (Lipinski definition) is 4. The molecular weight excluding hydrogens is 275 g/mol. The van der Waals surface area contributed by atoms with Crippen LogP contribution in [0.5, 0.6) is 0 Å². The second kappa shape index (κ2) is 5.58. The van der Waals surface area contributed by atoms with Gasteiger partial charge in [-0.3, -0.25) is 0 Å². The second-order valence-electron chi connectivity index (χ2n) is 4.31. The molecule has 5 nitrogen and oxygen atoms in total. The standard InChI is InChI=1S/C12H14F3N3O2/c13-12(14,15)10-7-8(18-3-5-20-6-4-18)1-2-9(10)11(16)17-19/h1-2,7,19H,3-6H2,(H2,16,17). The van der Waals surface area contributed by atoms with Crippen molar-refractivity contribution in [1.29, 1.82) is 0 Å². The largest absolute Gasteiger partial charge is 0.417 e. The van der Waals surface area contributed by atoms with Crippen molar-refractivity contribution in [3.05, 3.63) is 29.3 Å². The summed E-state index contributed by atoms with van der Waals surface area (Å²) in [6.45, 7) is 2.01. The molecule has 8 heteroatoms. The molecule has 3 N–H and O–H groups in total. The normalized spacial score (nSPS) is 17.4. The van der Waals surface area contributed by atoms with Crippen LogP contribution in [-0.4, -0.2) is 37.3 Å². The zero-order chi connectivity index (χ0) is 14.8. The number of benzene rings is 1. The summed E-state index contributed by atoms with van der Waals surface area (Å²) in [6.07, 6.45) is -4.58. The van der Waals surface area contributed by atoms with Gasteiger partial charge < -0.3 is 20.6 Å². The number of morpholine rings is 1. The van der Waals surface area contributed by atoms with Crippen LogP contribution in [0.2, 0.25) is 0 Å². The van der Waals surface area contributed by atoms with Crippen LogP contribution in [-0.2, 0) is 10.9 Å². The minimum Gasteiger partial charge on any atom is -0.409 e. The summed E-state index contributed by atoms with van der Waals surface area (Å²) in [5, 5.41) is 11.2. The minimum atomic E-state index is -4.58. The molecule has 0 saturated carbocycles. The lowest BCUT2D eigenvalue weighted by Gasteiger charge is -2.29. The average Bonchev–Trinajstić information content (AvgIpc) is 2.46. The van der Waals surface area contributed by atoms with E-state index in [1.807, 2.05) is 0 Å². The third-order valence-electron chi connectivity index (χ3n) is 3.07. The van der Waals surface area contributed by atoms with Crippen LogP contribution in [0.3, 0.4) is 0 Å². The molecule has 0 unspecified atom stereocenters. The third kappa shape index (κ3) is 2.96. The zero-order valence-electron chi connectivity index (χ0n) is 10.5. The van der Waals surface area contributed by atoms with Crippen LogP contribution in [0.1, 0.15) is 11.1 Å². The van der Waals surface area contributed by atoms with Crippen LogP contribution < -0.4 is 10.6 Å². The van der Waals surface area contributed by atoms with Crippen LogP contribution >= 0.6 is 0 Å². The van der Waals surface area contributed by atoms with Crippen molar-refractivity contribution in [2.24, 2.45) is 10.9 Å². The molecule has 1 fully saturated rings. The van der Waals surface area contributed by atoms with Gasteiger partial charge >= 0.3 is 6.18 Å². The fourth-order valence-electron chi connectivity index (χ4n) is 2.06. The van der Waals surface area contributed by atoms with Gasteiger partial charge in [-0.05, 0) is 18.2 Å². The Morgan fingerprint density at radius 2 is 1.95 bits per heavy atom. The molecule has 0 radical (unpaired) electrons. The van der Waals surface area contributed by atoms with Crippen molar-refractivity contribution in [2.45, 2.75) is 6.18 Å². The summed E-state index contributed by atoms with van der Waals surface area (Å²) in [5.41, 5.74) is 4.47. The van der Waals surface area contributed by atoms with Gasteiger partial charge in [-0.2, -0.15) is 13.2 Å². The lowest BCUT2D eigenvalue weighted by Crippen LogP contribution is -2.36. The average molecular weight is 289 g/mol. The Morgan fingerprint density at radius 3 is 2.50 bits per heavy atom. The lowest BCUT2D eigenvalue weighted by molar-refractivity contribution is -0.137. The zero-order valence-corrected chi connectivity index (χ0v) is 10.5. The quantitative estimate of drug-likeness (QED) is 0.376. The molecule has 0 aliphatic carbocycles. The van der Waals surface area contributed by atoms with Crippen molar-refractivity contribution >= 4 is 11.5 Å². The van der Waals surface area contributed by atoms with Gasteiger partial charge in [0.1, 0.15) is 0 Å². The SMILES string of the molecule is N/C(=N\O)c1ccc(N2CCOCC2)cc1C(F)(F)F. The predicted molar refractivity (Wildman–Crippen MR) is 67.0 cm³/mol. The molecule has 1 saturated heterocycles. The first-order valence-corrected chi connectivity index (χ1v) is 5.95. The van der Waals surface area contributed by atoms with Gasteiger partial charge in [0.15, 0.2) is 5.84 Å². The van der Waals surface area contributed by atoms with Crippen LogP contribution in [0, 0.1) is 0 Å². The van der Waals surface area contributed by atoms with Crippen molar-refractivity contribution < 1.29 is 23.1 Å². The highest BCUT2D eigenvalue weighted by Gasteiger charge is 2.35. The van der Waals surface area contributed by atoms with Crippen LogP contribution in [0.25, 0.3) is 0 Å². The van der Waals surface area contributed by atoms with E-state index in [4.69, 9.17) is 15.7 Å². The Kier molecular flexibility index (Phi) is 4.03. The molecule has 1 aliphatic rings. The second-order valence-corrected chi connectivity index (χ2v) is 4.31. The molecule has 0 atom stereocenters. The number of rotatable bonds is 2. The Bertz CT molecular complexity index is 511. The van der Waals surface area contributed by atoms with Crippen LogP contribution in [0.4, 0.5) is 18.9 Å². The molecule has 2 rings (SSSR count). The van der Waals surface area contributed by atoms with E-state index in [1.54, 1.807) is 4.90 Å². The van der Waals surface area contributed by atoms with Crippen LogP contribution in [0.15, 0.2) is 23.4 Å². The molecular formula is C12H14F3N3O2. The molecule has 1 aromatic rings. The number of alkyl halides is 3. The number of oxime groups is 1. The van der Waals surface area contributed by atoms with Gasteiger partial charge in [-0.25, -0.2) is 0 Å². The smallest absolute Gasteiger partial charge is 0.409 e. The molecule has 0 amide bonds. The number of ether oxygens (including phenoxy) is 1. The molecule has 1 aromatic carbocycles. The van der Waals surface area contributed by atoms with Gasteiger partial charge in [0, 0.05) is 24.3 Å². The van der Waals surface area contributed by atoms with E-state index >= 15 is 0 Å². The van der Waals surface area contributed by atoms with E-state index in [0.29, 0.717) is 32.0 Å². The van der Waals surface area contributed by atoms with E-state index < -0.39 is 17.6 Å². The first-order chi connectivity index (χ1) is 9.43. The van der Waals surface area contributed by atoms with Gasteiger partial charge in [0.05, 0.1) is 18.8 Å². The number of amidine groups is 1. The number of hydrogen-bond donors (Lipinski definition) is 2. The molecule has 1 aliphatic heterocycles. The summed E-state index contributed by atoms with van der Waals surface area (Å²) < 4.78 is 44.3. The maximum atomic E-state index is 13.1. The molecule has 20 heavy (non-hydrogen) atoms. The summed E-state index contributed by atoms with van der Waals surface area (Å²) in [4.78, 5) is 1.80. The highest BCUT2D eigenvalue weighted by Crippen LogP contribution is 2.34.